The van der Waals surface area contributed by atoms with Crippen molar-refractivity contribution in [1.29, 1.82) is 0 Å². The third-order valence-corrected chi connectivity index (χ3v) is 5.45. The number of piperazine rings is 1. The van der Waals surface area contributed by atoms with Crippen molar-refractivity contribution in [2.24, 2.45) is 0 Å². The second-order valence-electron chi connectivity index (χ2n) is 7.92. The molecule has 2 heterocycles. The number of hydrogen-bond acceptors (Lipinski definition) is 6. The van der Waals surface area contributed by atoms with E-state index in [0.29, 0.717) is 43.5 Å². The maximum atomic E-state index is 14.3. The van der Waals surface area contributed by atoms with Crippen molar-refractivity contribution in [3.8, 4) is 0 Å². The van der Waals surface area contributed by atoms with Crippen LogP contribution in [0.3, 0.4) is 0 Å². The topological polar surface area (TPSA) is 93.7 Å². The van der Waals surface area contributed by atoms with Crippen molar-refractivity contribution < 1.29 is 14.0 Å². The normalized spacial score (nSPS) is 13.8. The van der Waals surface area contributed by atoms with Crippen LogP contribution in [-0.2, 0) is 4.79 Å². The van der Waals surface area contributed by atoms with Gasteiger partial charge in [0.15, 0.2) is 0 Å². The summed E-state index contributed by atoms with van der Waals surface area (Å²) >= 11 is 0. The van der Waals surface area contributed by atoms with Gasteiger partial charge in [-0.05, 0) is 38.1 Å². The Balaban J connectivity index is 1.39. The predicted molar refractivity (Wildman–Crippen MR) is 122 cm³/mol. The summed E-state index contributed by atoms with van der Waals surface area (Å²) in [4.78, 5) is 38.6. The lowest BCUT2D eigenvalue weighted by Gasteiger charge is -2.34. The molecule has 10 heteroatoms. The third kappa shape index (κ3) is 6.05. The van der Waals surface area contributed by atoms with Crippen molar-refractivity contribution in [2.45, 2.75) is 26.3 Å². The molecule has 172 valence electrons. The number of halogens is 1. The Labute approximate surface area is 187 Å². The zero-order chi connectivity index (χ0) is 23.1. The van der Waals surface area contributed by atoms with E-state index in [9.17, 15) is 14.0 Å². The number of urea groups is 1. The molecule has 0 spiro atoms. The molecule has 0 bridgehead atoms. The van der Waals surface area contributed by atoms with Crippen LogP contribution >= 0.6 is 0 Å². The first-order valence-electron chi connectivity index (χ1n) is 10.7. The van der Waals surface area contributed by atoms with E-state index in [-0.39, 0.29) is 24.9 Å². The van der Waals surface area contributed by atoms with Gasteiger partial charge < -0.3 is 25.3 Å². The van der Waals surface area contributed by atoms with Crippen LogP contribution in [0, 0.1) is 5.82 Å². The number of carbonyl (C=O) groups is 2. The van der Waals surface area contributed by atoms with Crippen LogP contribution < -0.4 is 20.4 Å². The minimum Gasteiger partial charge on any atom is -0.370 e. The summed E-state index contributed by atoms with van der Waals surface area (Å²) in [5.74, 6) is 0.235. The van der Waals surface area contributed by atoms with Gasteiger partial charge in [0.2, 0.25) is 11.9 Å². The molecule has 1 aromatic heterocycles. The number of benzene rings is 1. The highest BCUT2D eigenvalue weighted by Crippen LogP contribution is 2.23. The first kappa shape index (κ1) is 23.2. The SMILES string of the molecule is CC(C)N(C)c1ccc(NC(=O)NCCC(=O)N2CCN(c3ncccn3)CC2)cc1F. The lowest BCUT2D eigenvalue weighted by Crippen LogP contribution is -2.49. The highest BCUT2D eigenvalue weighted by atomic mass is 19.1. The van der Waals surface area contributed by atoms with Gasteiger partial charge in [-0.25, -0.2) is 19.2 Å². The highest BCUT2D eigenvalue weighted by Gasteiger charge is 2.22. The van der Waals surface area contributed by atoms with Gasteiger partial charge in [0.1, 0.15) is 5.82 Å². The molecule has 32 heavy (non-hydrogen) atoms. The highest BCUT2D eigenvalue weighted by molar-refractivity contribution is 5.89. The number of aromatic nitrogens is 2. The van der Waals surface area contributed by atoms with E-state index in [0.717, 1.165) is 0 Å². The first-order valence-corrected chi connectivity index (χ1v) is 10.7. The van der Waals surface area contributed by atoms with Crippen LogP contribution in [0.4, 0.5) is 26.5 Å². The number of hydrogen-bond donors (Lipinski definition) is 2. The van der Waals surface area contributed by atoms with Crippen LogP contribution in [0.5, 0.6) is 0 Å². The Kier molecular flexibility index (Phi) is 7.80. The Bertz CT molecular complexity index is 918. The Morgan fingerprint density at radius 3 is 2.47 bits per heavy atom. The maximum absolute atomic E-state index is 14.3. The van der Waals surface area contributed by atoms with Crippen molar-refractivity contribution in [2.75, 3.05) is 54.9 Å². The number of rotatable bonds is 7. The predicted octanol–water partition coefficient (Wildman–Crippen LogP) is 2.32. The fourth-order valence-electron chi connectivity index (χ4n) is 3.38. The molecule has 0 radical (unpaired) electrons. The summed E-state index contributed by atoms with van der Waals surface area (Å²) in [6.07, 6.45) is 3.59. The lowest BCUT2D eigenvalue weighted by atomic mass is 10.2. The second-order valence-corrected chi connectivity index (χ2v) is 7.92. The quantitative estimate of drug-likeness (QED) is 0.682. The van der Waals surface area contributed by atoms with Crippen LogP contribution in [0.2, 0.25) is 0 Å². The second kappa shape index (κ2) is 10.7. The van der Waals surface area contributed by atoms with E-state index in [1.165, 1.54) is 6.07 Å². The monoisotopic (exact) mass is 443 g/mol. The number of carbonyl (C=O) groups excluding carboxylic acids is 2. The molecule has 1 fully saturated rings. The molecule has 0 unspecified atom stereocenters. The standard InChI is InChI=1S/C22H30FN7O2/c1-16(2)28(3)19-6-5-17(15-18(19)23)27-22(32)26-10-7-20(31)29-11-13-30(14-12-29)21-24-8-4-9-25-21/h4-6,8-9,15-16H,7,10-14H2,1-3H3,(H2,26,27,32). The number of nitrogens with zero attached hydrogens (tertiary/aromatic N) is 5. The number of amides is 3. The van der Waals surface area contributed by atoms with Gasteiger partial charge in [0, 0.05) is 70.3 Å². The van der Waals surface area contributed by atoms with Gasteiger partial charge in [0.25, 0.3) is 0 Å². The molecule has 3 amide bonds. The zero-order valence-electron chi connectivity index (χ0n) is 18.7. The van der Waals surface area contributed by atoms with Gasteiger partial charge in [-0.3, -0.25) is 4.79 Å². The Hall–Kier alpha value is -3.43. The number of nitrogens with one attached hydrogen (secondary N) is 2. The molecule has 1 aromatic carbocycles. The molecule has 3 rings (SSSR count). The summed E-state index contributed by atoms with van der Waals surface area (Å²) in [7, 11) is 1.81. The van der Waals surface area contributed by atoms with Crippen molar-refractivity contribution in [1.82, 2.24) is 20.2 Å². The Morgan fingerprint density at radius 1 is 1.16 bits per heavy atom. The molecular weight excluding hydrogens is 413 g/mol. The lowest BCUT2D eigenvalue weighted by molar-refractivity contribution is -0.131. The maximum Gasteiger partial charge on any atom is 0.319 e. The van der Waals surface area contributed by atoms with E-state index in [1.54, 1.807) is 35.5 Å². The summed E-state index contributed by atoms with van der Waals surface area (Å²) in [6.45, 7) is 6.63. The summed E-state index contributed by atoms with van der Waals surface area (Å²) < 4.78 is 14.3. The molecule has 1 saturated heterocycles. The third-order valence-electron chi connectivity index (χ3n) is 5.45. The van der Waals surface area contributed by atoms with Gasteiger partial charge in [-0.2, -0.15) is 0 Å². The van der Waals surface area contributed by atoms with Gasteiger partial charge in [-0.1, -0.05) is 0 Å². The molecule has 1 aliphatic rings. The van der Waals surface area contributed by atoms with Crippen molar-refractivity contribution in [3.63, 3.8) is 0 Å². The molecule has 0 saturated carbocycles. The van der Waals surface area contributed by atoms with Crippen molar-refractivity contribution >= 4 is 29.3 Å². The molecule has 0 atom stereocenters. The molecule has 0 aliphatic carbocycles. The van der Waals surface area contributed by atoms with Crippen LogP contribution in [0.15, 0.2) is 36.7 Å². The number of anilines is 3. The van der Waals surface area contributed by atoms with E-state index in [1.807, 2.05) is 30.7 Å². The van der Waals surface area contributed by atoms with E-state index in [2.05, 4.69) is 20.6 Å². The zero-order valence-corrected chi connectivity index (χ0v) is 18.7. The molecule has 9 nitrogen and oxygen atoms in total. The smallest absolute Gasteiger partial charge is 0.319 e. The molecule has 1 aliphatic heterocycles. The van der Waals surface area contributed by atoms with Gasteiger partial charge >= 0.3 is 6.03 Å². The van der Waals surface area contributed by atoms with Crippen molar-refractivity contribution in [3.05, 3.63) is 42.5 Å². The first-order chi connectivity index (χ1) is 15.3. The van der Waals surface area contributed by atoms with Crippen LogP contribution in [-0.4, -0.2) is 72.6 Å². The minimum absolute atomic E-state index is 0.0222. The fourth-order valence-corrected chi connectivity index (χ4v) is 3.38. The summed E-state index contributed by atoms with van der Waals surface area (Å²) in [5.41, 5.74) is 0.821. The summed E-state index contributed by atoms with van der Waals surface area (Å²) in [5, 5.41) is 5.25. The van der Waals surface area contributed by atoms with Gasteiger partial charge in [0.05, 0.1) is 5.69 Å². The van der Waals surface area contributed by atoms with Crippen LogP contribution in [0.25, 0.3) is 0 Å². The van der Waals surface area contributed by atoms with Crippen LogP contribution in [0.1, 0.15) is 20.3 Å². The van der Waals surface area contributed by atoms with E-state index < -0.39 is 11.8 Å². The van der Waals surface area contributed by atoms with E-state index >= 15 is 0 Å². The minimum atomic E-state index is -0.479. The van der Waals surface area contributed by atoms with Gasteiger partial charge in [-0.15, -0.1) is 0 Å². The average molecular weight is 444 g/mol. The van der Waals surface area contributed by atoms with E-state index in [4.69, 9.17) is 0 Å². The average Bonchev–Trinajstić information content (AvgIpc) is 2.79. The molecule has 2 N–H and O–H groups in total. The largest absolute Gasteiger partial charge is 0.370 e. The summed E-state index contributed by atoms with van der Waals surface area (Å²) in [6, 6.07) is 6.01. The molecular formula is C22H30FN7O2. The fraction of sp³-hybridized carbons (Fsp3) is 0.455. The Morgan fingerprint density at radius 2 is 1.84 bits per heavy atom. The molecule has 2 aromatic rings.